The fourth-order valence-electron chi connectivity index (χ4n) is 2.32. The minimum absolute atomic E-state index is 0.848. The van der Waals surface area contributed by atoms with E-state index in [1.807, 2.05) is 0 Å². The van der Waals surface area contributed by atoms with Gasteiger partial charge in [-0.3, -0.25) is 0 Å². The molecule has 3 heteroatoms. The molecule has 1 aromatic heterocycles. The van der Waals surface area contributed by atoms with E-state index >= 15 is 0 Å². The molecule has 1 fully saturated rings. The molecule has 1 aromatic rings. The van der Waals surface area contributed by atoms with E-state index in [2.05, 4.69) is 37.2 Å². The van der Waals surface area contributed by atoms with E-state index in [1.165, 1.54) is 24.9 Å². The van der Waals surface area contributed by atoms with E-state index in [0.717, 1.165) is 43.5 Å². The van der Waals surface area contributed by atoms with Gasteiger partial charge in [-0.25, -0.2) is 0 Å². The van der Waals surface area contributed by atoms with Gasteiger partial charge in [-0.05, 0) is 51.8 Å². The van der Waals surface area contributed by atoms with Crippen LogP contribution >= 0.6 is 0 Å². The second kappa shape index (κ2) is 6.39. The fourth-order valence-corrected chi connectivity index (χ4v) is 2.32. The van der Waals surface area contributed by atoms with E-state index in [0.29, 0.717) is 0 Å². The zero-order valence-electron chi connectivity index (χ0n) is 12.0. The third-order valence-electron chi connectivity index (χ3n) is 3.50. The van der Waals surface area contributed by atoms with Gasteiger partial charge in [-0.1, -0.05) is 6.92 Å². The Balaban J connectivity index is 1.83. The lowest BCUT2D eigenvalue weighted by Gasteiger charge is -2.15. The molecular formula is C15H26N2O. The van der Waals surface area contributed by atoms with Gasteiger partial charge in [0.2, 0.25) is 0 Å². The number of furan rings is 1. The summed E-state index contributed by atoms with van der Waals surface area (Å²) in [6.07, 6.45) is 4.00. The highest BCUT2D eigenvalue weighted by Gasteiger charge is 2.23. The third kappa shape index (κ3) is 4.14. The monoisotopic (exact) mass is 250 g/mol. The number of nitrogens with one attached hydrogen (secondary N) is 1. The van der Waals surface area contributed by atoms with Crippen molar-refractivity contribution in [2.24, 2.45) is 5.92 Å². The Morgan fingerprint density at radius 2 is 2.22 bits per heavy atom. The lowest BCUT2D eigenvalue weighted by molar-refractivity contribution is 0.310. The fraction of sp³-hybridized carbons (Fsp3) is 0.733. The topological polar surface area (TPSA) is 28.4 Å². The van der Waals surface area contributed by atoms with Crippen LogP contribution in [0, 0.1) is 12.8 Å². The smallest absolute Gasteiger partial charge is 0.118 e. The predicted octanol–water partition coefficient (Wildman–Crippen LogP) is 2.93. The average Bonchev–Trinajstić information content (AvgIpc) is 3.05. The van der Waals surface area contributed by atoms with Crippen molar-refractivity contribution < 1.29 is 4.42 Å². The maximum absolute atomic E-state index is 5.79. The summed E-state index contributed by atoms with van der Waals surface area (Å²) in [6, 6.07) is 2.21. The number of hydrogen-bond acceptors (Lipinski definition) is 3. The second-order valence-electron chi connectivity index (χ2n) is 5.61. The highest BCUT2D eigenvalue weighted by molar-refractivity contribution is 5.20. The van der Waals surface area contributed by atoms with E-state index in [4.69, 9.17) is 4.42 Å². The van der Waals surface area contributed by atoms with Gasteiger partial charge in [0, 0.05) is 18.7 Å². The molecule has 18 heavy (non-hydrogen) atoms. The van der Waals surface area contributed by atoms with Crippen molar-refractivity contribution in [1.29, 1.82) is 0 Å². The predicted molar refractivity (Wildman–Crippen MR) is 74.5 cm³/mol. The van der Waals surface area contributed by atoms with Crippen LogP contribution < -0.4 is 5.32 Å². The summed E-state index contributed by atoms with van der Waals surface area (Å²) in [5.41, 5.74) is 1.34. The summed E-state index contributed by atoms with van der Waals surface area (Å²) in [6.45, 7) is 8.40. The Hall–Kier alpha value is -0.800. The van der Waals surface area contributed by atoms with Crippen molar-refractivity contribution in [3.8, 4) is 0 Å². The van der Waals surface area contributed by atoms with Crippen molar-refractivity contribution in [3.05, 3.63) is 23.2 Å². The molecule has 1 aliphatic rings. The molecule has 0 radical (unpaired) electrons. The van der Waals surface area contributed by atoms with Crippen LogP contribution in [0.4, 0.5) is 0 Å². The molecular weight excluding hydrogens is 224 g/mol. The van der Waals surface area contributed by atoms with Crippen molar-refractivity contribution in [2.45, 2.75) is 46.2 Å². The maximum Gasteiger partial charge on any atom is 0.118 e. The molecule has 1 N–H and O–H groups in total. The number of rotatable bonds is 8. The van der Waals surface area contributed by atoms with Gasteiger partial charge in [-0.15, -0.1) is 0 Å². The van der Waals surface area contributed by atoms with Crippen molar-refractivity contribution in [2.75, 3.05) is 20.1 Å². The van der Waals surface area contributed by atoms with E-state index < -0.39 is 0 Å². The molecule has 0 aliphatic heterocycles. The SMILES string of the molecule is CCCNCc1cc(CN(C)CC2CC2)c(C)o1. The van der Waals surface area contributed by atoms with Crippen LogP contribution in [0.1, 0.15) is 43.3 Å². The molecule has 0 aromatic carbocycles. The number of aryl methyl sites for hydroxylation is 1. The third-order valence-corrected chi connectivity index (χ3v) is 3.50. The molecule has 1 aliphatic carbocycles. The summed E-state index contributed by atoms with van der Waals surface area (Å²) in [7, 11) is 2.21. The molecule has 2 rings (SSSR count). The van der Waals surface area contributed by atoms with Gasteiger partial charge in [0.15, 0.2) is 0 Å². The van der Waals surface area contributed by atoms with Gasteiger partial charge in [0.25, 0.3) is 0 Å². The van der Waals surface area contributed by atoms with Crippen molar-refractivity contribution in [1.82, 2.24) is 10.2 Å². The summed E-state index contributed by atoms with van der Waals surface area (Å²) in [5, 5.41) is 3.38. The lowest BCUT2D eigenvalue weighted by atomic mass is 10.2. The first-order valence-electron chi connectivity index (χ1n) is 7.16. The Morgan fingerprint density at radius 1 is 1.44 bits per heavy atom. The Kier molecular flexibility index (Phi) is 4.84. The van der Waals surface area contributed by atoms with Crippen LogP contribution in [-0.4, -0.2) is 25.0 Å². The van der Waals surface area contributed by atoms with Crippen LogP contribution in [0.5, 0.6) is 0 Å². The summed E-state index contributed by atoms with van der Waals surface area (Å²) in [4.78, 5) is 2.42. The molecule has 3 nitrogen and oxygen atoms in total. The quantitative estimate of drug-likeness (QED) is 0.719. The summed E-state index contributed by atoms with van der Waals surface area (Å²) < 4.78 is 5.79. The Bertz CT molecular complexity index is 369. The number of hydrogen-bond donors (Lipinski definition) is 1. The first-order valence-corrected chi connectivity index (χ1v) is 7.16. The lowest BCUT2D eigenvalue weighted by Crippen LogP contribution is -2.20. The van der Waals surface area contributed by atoms with Crippen LogP contribution in [0.25, 0.3) is 0 Å². The average molecular weight is 250 g/mol. The first kappa shape index (κ1) is 13.6. The molecule has 0 bridgehead atoms. The minimum atomic E-state index is 0.848. The summed E-state index contributed by atoms with van der Waals surface area (Å²) >= 11 is 0. The van der Waals surface area contributed by atoms with E-state index in [1.54, 1.807) is 0 Å². The molecule has 102 valence electrons. The van der Waals surface area contributed by atoms with E-state index in [-0.39, 0.29) is 0 Å². The molecule has 0 saturated heterocycles. The highest BCUT2D eigenvalue weighted by atomic mass is 16.3. The zero-order chi connectivity index (χ0) is 13.0. The van der Waals surface area contributed by atoms with Gasteiger partial charge < -0.3 is 14.6 Å². The molecule has 0 atom stereocenters. The van der Waals surface area contributed by atoms with Crippen LogP contribution in [-0.2, 0) is 13.1 Å². The van der Waals surface area contributed by atoms with Crippen molar-refractivity contribution in [3.63, 3.8) is 0 Å². The molecule has 0 unspecified atom stereocenters. The minimum Gasteiger partial charge on any atom is -0.465 e. The zero-order valence-corrected chi connectivity index (χ0v) is 12.0. The highest BCUT2D eigenvalue weighted by Crippen LogP contribution is 2.30. The second-order valence-corrected chi connectivity index (χ2v) is 5.61. The van der Waals surface area contributed by atoms with E-state index in [9.17, 15) is 0 Å². The first-order chi connectivity index (χ1) is 8.69. The van der Waals surface area contributed by atoms with Crippen LogP contribution in [0.15, 0.2) is 10.5 Å². The maximum atomic E-state index is 5.79. The normalized spacial score (nSPS) is 15.6. The molecule has 1 saturated carbocycles. The molecule has 0 spiro atoms. The van der Waals surface area contributed by atoms with Gasteiger partial charge >= 0.3 is 0 Å². The standard InChI is InChI=1S/C15H26N2O/c1-4-7-16-9-15-8-14(12(2)18-15)11-17(3)10-13-5-6-13/h8,13,16H,4-7,9-11H2,1-3H3. The Morgan fingerprint density at radius 3 is 2.89 bits per heavy atom. The molecule has 1 heterocycles. The molecule has 0 amide bonds. The van der Waals surface area contributed by atoms with Crippen molar-refractivity contribution >= 4 is 0 Å². The van der Waals surface area contributed by atoms with Gasteiger partial charge in [0.05, 0.1) is 6.54 Å². The number of nitrogens with zero attached hydrogens (tertiary/aromatic N) is 1. The Labute approximate surface area is 111 Å². The largest absolute Gasteiger partial charge is 0.465 e. The summed E-state index contributed by atoms with van der Waals surface area (Å²) in [5.74, 6) is 3.09. The van der Waals surface area contributed by atoms with Crippen LogP contribution in [0.2, 0.25) is 0 Å². The van der Waals surface area contributed by atoms with Crippen LogP contribution in [0.3, 0.4) is 0 Å². The van der Waals surface area contributed by atoms with Gasteiger partial charge in [-0.2, -0.15) is 0 Å². The van der Waals surface area contributed by atoms with Gasteiger partial charge in [0.1, 0.15) is 11.5 Å².